The molecule has 2 unspecified atom stereocenters. The number of nitrogens with one attached hydrogen (secondary N) is 2. The molecular formula is C6H6N6S4. The Bertz CT molecular complexity index is 442. The van der Waals surface area contributed by atoms with Gasteiger partial charge in [-0.1, -0.05) is 21.6 Å². The van der Waals surface area contributed by atoms with E-state index in [4.69, 9.17) is 11.1 Å². The topological polar surface area (TPSA) is 99.0 Å². The van der Waals surface area contributed by atoms with Gasteiger partial charge in [0.2, 0.25) is 0 Å². The van der Waals surface area contributed by atoms with Gasteiger partial charge in [-0.05, 0) is 21.6 Å². The molecule has 3 rings (SSSR count). The summed E-state index contributed by atoms with van der Waals surface area (Å²) in [5.41, 5.74) is 9.87. The van der Waals surface area contributed by atoms with Gasteiger partial charge in [-0.3, -0.25) is 10.8 Å². The zero-order valence-electron chi connectivity index (χ0n) is 7.71. The second-order valence-electron chi connectivity index (χ2n) is 3.01. The van der Waals surface area contributed by atoms with Gasteiger partial charge in [-0.15, -0.1) is 10.2 Å². The highest BCUT2D eigenvalue weighted by atomic mass is 33.1. The van der Waals surface area contributed by atoms with E-state index in [1.54, 1.807) is 21.6 Å². The Labute approximate surface area is 107 Å². The molecular weight excluding hydrogens is 284 g/mol. The van der Waals surface area contributed by atoms with Crippen molar-refractivity contribution < 1.29 is 0 Å². The van der Waals surface area contributed by atoms with Crippen LogP contribution in [-0.4, -0.2) is 32.3 Å². The van der Waals surface area contributed by atoms with Crippen molar-refractivity contribution in [1.29, 1.82) is 5.41 Å². The third-order valence-electron chi connectivity index (χ3n) is 1.97. The van der Waals surface area contributed by atoms with Gasteiger partial charge in [0.15, 0.2) is 10.1 Å². The molecule has 0 bridgehead atoms. The summed E-state index contributed by atoms with van der Waals surface area (Å²) in [7, 11) is 6.05. The van der Waals surface area contributed by atoms with Gasteiger partial charge >= 0.3 is 0 Å². The lowest BCUT2D eigenvalue weighted by molar-refractivity contribution is 0.744. The quantitative estimate of drug-likeness (QED) is 0.493. The second-order valence-corrected chi connectivity index (χ2v) is 7.64. The average molecular weight is 290 g/mol. The molecule has 84 valence electrons. The van der Waals surface area contributed by atoms with E-state index in [0.29, 0.717) is 10.8 Å². The van der Waals surface area contributed by atoms with E-state index in [0.717, 1.165) is 10.8 Å². The molecule has 0 aromatic heterocycles. The summed E-state index contributed by atoms with van der Waals surface area (Å²) in [4.78, 5) is 0. The number of hydrogen-bond donors (Lipinski definition) is 3. The first kappa shape index (κ1) is 11.0. The van der Waals surface area contributed by atoms with E-state index in [9.17, 15) is 0 Å². The number of fused-ring (bicyclic) bond motifs is 1. The fourth-order valence-electron chi connectivity index (χ4n) is 1.09. The summed E-state index contributed by atoms with van der Waals surface area (Å²) in [6.45, 7) is 0. The van der Waals surface area contributed by atoms with Gasteiger partial charge < -0.3 is 5.73 Å². The zero-order valence-corrected chi connectivity index (χ0v) is 11.0. The Balaban J connectivity index is 1.79. The first-order valence-electron chi connectivity index (χ1n) is 4.26. The Morgan fingerprint density at radius 3 is 2.56 bits per heavy atom. The summed E-state index contributed by atoms with van der Waals surface area (Å²) in [6, 6.07) is 0. The van der Waals surface area contributed by atoms with Gasteiger partial charge in [-0.2, -0.15) is 5.10 Å². The van der Waals surface area contributed by atoms with Crippen molar-refractivity contribution in [2.24, 2.45) is 21.0 Å². The van der Waals surface area contributed by atoms with Crippen molar-refractivity contribution in [3.8, 4) is 0 Å². The van der Waals surface area contributed by atoms with E-state index in [-0.39, 0.29) is 10.7 Å². The van der Waals surface area contributed by atoms with Gasteiger partial charge in [0.05, 0.1) is 5.71 Å². The number of hydrogen-bond acceptors (Lipinski definition) is 10. The predicted molar refractivity (Wildman–Crippen MR) is 75.3 cm³/mol. The van der Waals surface area contributed by atoms with Crippen LogP contribution in [0, 0.1) is 5.41 Å². The summed E-state index contributed by atoms with van der Waals surface area (Å²) in [5.74, 6) is 0. The van der Waals surface area contributed by atoms with Crippen molar-refractivity contribution in [1.82, 2.24) is 5.43 Å². The Kier molecular flexibility index (Phi) is 2.92. The van der Waals surface area contributed by atoms with Gasteiger partial charge in [0.1, 0.15) is 16.5 Å². The third-order valence-corrected chi connectivity index (χ3v) is 6.76. The molecule has 0 aliphatic carbocycles. The highest BCUT2D eigenvalue weighted by Crippen LogP contribution is 2.40. The highest BCUT2D eigenvalue weighted by molar-refractivity contribution is 8.84. The van der Waals surface area contributed by atoms with Gasteiger partial charge in [0.25, 0.3) is 0 Å². The lowest BCUT2D eigenvalue weighted by atomic mass is 10.3. The van der Waals surface area contributed by atoms with Crippen molar-refractivity contribution in [3.05, 3.63) is 0 Å². The highest BCUT2D eigenvalue weighted by Gasteiger charge is 2.37. The molecule has 10 heteroatoms. The Morgan fingerprint density at radius 1 is 1.25 bits per heavy atom. The molecule has 0 saturated carbocycles. The molecule has 3 aliphatic rings. The smallest absolute Gasteiger partial charge is 0.156 e. The molecule has 0 aromatic rings. The van der Waals surface area contributed by atoms with E-state index < -0.39 is 0 Å². The maximum Gasteiger partial charge on any atom is 0.156 e. The molecule has 3 aliphatic heterocycles. The molecule has 0 amide bonds. The van der Waals surface area contributed by atoms with Crippen LogP contribution in [0.25, 0.3) is 0 Å². The normalized spacial score (nSPS) is 37.3. The maximum atomic E-state index is 7.67. The first-order chi connectivity index (χ1) is 7.75. The first-order valence-corrected chi connectivity index (χ1v) is 8.68. The molecule has 3 heterocycles. The maximum absolute atomic E-state index is 7.67. The van der Waals surface area contributed by atoms with Crippen molar-refractivity contribution in [3.63, 3.8) is 0 Å². The fraction of sp³-hybridized carbons (Fsp3) is 0.333. The molecule has 2 saturated heterocycles. The van der Waals surface area contributed by atoms with Crippen molar-refractivity contribution >= 4 is 64.7 Å². The standard InChI is InChI=1S/C6H6N6S4/c7-1-3(8)13-14-4(1)10-12-6-2-5(11-9-2)15-16-6/h3,5,7,11H,8H2. The van der Waals surface area contributed by atoms with Crippen LogP contribution in [0.5, 0.6) is 0 Å². The molecule has 0 aromatic carbocycles. The molecule has 2 fully saturated rings. The lowest BCUT2D eigenvalue weighted by Crippen LogP contribution is -2.40. The minimum atomic E-state index is -0.287. The number of nitrogens with zero attached hydrogens (tertiary/aromatic N) is 3. The summed E-state index contributed by atoms with van der Waals surface area (Å²) >= 11 is 0. The van der Waals surface area contributed by atoms with Crippen LogP contribution < -0.4 is 11.2 Å². The number of nitrogens with two attached hydrogens (primary N) is 1. The van der Waals surface area contributed by atoms with Crippen LogP contribution in [0.15, 0.2) is 15.3 Å². The van der Waals surface area contributed by atoms with Crippen LogP contribution in [0.4, 0.5) is 0 Å². The molecule has 0 spiro atoms. The summed E-state index contributed by atoms with van der Waals surface area (Å²) in [5, 5.41) is 21.3. The third kappa shape index (κ3) is 1.78. The predicted octanol–water partition coefficient (Wildman–Crippen LogP) is 1.08. The number of hydrazone groups is 1. The lowest BCUT2D eigenvalue weighted by Gasteiger charge is -2.16. The Hall–Kier alpha value is -0.160. The van der Waals surface area contributed by atoms with Crippen LogP contribution in [-0.2, 0) is 0 Å². The zero-order chi connectivity index (χ0) is 11.1. The molecule has 4 N–H and O–H groups in total. The molecule has 6 nitrogen and oxygen atoms in total. The fourth-order valence-corrected chi connectivity index (χ4v) is 5.35. The van der Waals surface area contributed by atoms with Crippen LogP contribution in [0.2, 0.25) is 0 Å². The van der Waals surface area contributed by atoms with Crippen LogP contribution in [0.3, 0.4) is 0 Å². The van der Waals surface area contributed by atoms with E-state index >= 15 is 0 Å². The van der Waals surface area contributed by atoms with E-state index in [1.807, 2.05) is 0 Å². The minimum Gasteiger partial charge on any atom is -0.314 e. The average Bonchev–Trinajstić information content (AvgIpc) is 2.68. The summed E-state index contributed by atoms with van der Waals surface area (Å²) < 4.78 is 0. The van der Waals surface area contributed by atoms with Gasteiger partial charge in [0, 0.05) is 0 Å². The summed E-state index contributed by atoms with van der Waals surface area (Å²) in [6.07, 6.45) is 0. The Morgan fingerprint density at radius 2 is 2.00 bits per heavy atom. The van der Waals surface area contributed by atoms with Gasteiger partial charge in [-0.25, -0.2) is 0 Å². The second kappa shape index (κ2) is 4.26. The monoisotopic (exact) mass is 290 g/mol. The molecule has 0 radical (unpaired) electrons. The van der Waals surface area contributed by atoms with Crippen molar-refractivity contribution in [2.45, 2.75) is 10.7 Å². The van der Waals surface area contributed by atoms with E-state index in [1.165, 1.54) is 21.6 Å². The molecule has 2 atom stereocenters. The van der Waals surface area contributed by atoms with Crippen molar-refractivity contribution in [2.75, 3.05) is 0 Å². The minimum absolute atomic E-state index is 0.260. The van der Waals surface area contributed by atoms with Crippen LogP contribution in [0.1, 0.15) is 0 Å². The van der Waals surface area contributed by atoms with Crippen LogP contribution >= 0.6 is 43.2 Å². The van der Waals surface area contributed by atoms with E-state index in [2.05, 4.69) is 20.7 Å². The SMILES string of the molecule is N=C1C(=NN=C2SSC3NN=C23)SSC1N. The molecule has 16 heavy (non-hydrogen) atoms. The largest absolute Gasteiger partial charge is 0.314 e. The number of rotatable bonds is 1.